The molecule has 9 heteroatoms. The van der Waals surface area contributed by atoms with E-state index in [0.29, 0.717) is 28.2 Å². The fourth-order valence-corrected chi connectivity index (χ4v) is 3.62. The lowest BCUT2D eigenvalue weighted by molar-refractivity contribution is -0.510. The van der Waals surface area contributed by atoms with E-state index in [-0.39, 0.29) is 11.0 Å². The average molecular weight is 364 g/mol. The maximum Gasteiger partial charge on any atom is 0.383 e. The zero-order valence-electron chi connectivity index (χ0n) is 13.8. The van der Waals surface area contributed by atoms with E-state index in [4.69, 9.17) is 0 Å². The number of ether oxygens (including phenoxy) is 1. The molecule has 1 aromatic heterocycles. The van der Waals surface area contributed by atoms with Crippen LogP contribution in [0.3, 0.4) is 0 Å². The molecule has 2 aromatic rings. The van der Waals surface area contributed by atoms with Crippen LogP contribution in [0.2, 0.25) is 0 Å². The molecule has 0 saturated carbocycles. The van der Waals surface area contributed by atoms with Crippen molar-refractivity contribution in [3.05, 3.63) is 46.1 Å². The van der Waals surface area contributed by atoms with Gasteiger partial charge >= 0.3 is 12.0 Å². The van der Waals surface area contributed by atoms with Crippen molar-refractivity contribution in [2.75, 3.05) is 7.11 Å². The molecular weight excluding hydrogens is 348 g/mol. The fourth-order valence-electron chi connectivity index (χ4n) is 2.61. The predicted octanol–water partition coefficient (Wildman–Crippen LogP) is 2.44. The number of carbonyl (C=O) groups is 3. The number of nitrogens with zero attached hydrogens (tertiary/aromatic N) is 2. The topological polar surface area (TPSA) is 109 Å². The van der Waals surface area contributed by atoms with E-state index >= 15 is 0 Å². The predicted molar refractivity (Wildman–Crippen MR) is 92.0 cm³/mol. The van der Waals surface area contributed by atoms with E-state index in [2.05, 4.69) is 4.74 Å². The van der Waals surface area contributed by atoms with Gasteiger partial charge in [0.15, 0.2) is 5.12 Å². The van der Waals surface area contributed by atoms with Crippen LogP contribution in [0.1, 0.15) is 29.5 Å². The van der Waals surface area contributed by atoms with Crippen LogP contribution in [-0.4, -0.2) is 39.6 Å². The smallest absolute Gasteiger partial charge is 0.383 e. The fraction of sp³-hybridized carbons (Fsp3) is 0.312. The lowest BCUT2D eigenvalue weighted by Gasteiger charge is -2.17. The molecule has 2 rings (SSSR count). The molecule has 0 fully saturated rings. The molecule has 8 nitrogen and oxygen atoms in total. The summed E-state index contributed by atoms with van der Waals surface area (Å²) in [7, 11) is 1.05. The quantitative estimate of drug-likeness (QED) is 0.455. The Bertz CT molecular complexity index is 859. The molecule has 0 amide bonds. The maximum absolute atomic E-state index is 12.0. The molecule has 2 atom stereocenters. The summed E-state index contributed by atoms with van der Waals surface area (Å²) in [5.74, 6) is -1.34. The van der Waals surface area contributed by atoms with Gasteiger partial charge in [-0.15, -0.1) is 0 Å². The average Bonchev–Trinajstić information content (AvgIpc) is 2.93. The van der Waals surface area contributed by atoms with E-state index in [1.807, 2.05) is 0 Å². The summed E-state index contributed by atoms with van der Waals surface area (Å²) in [6.07, 6.45) is 1.44. The van der Waals surface area contributed by atoms with Crippen LogP contribution in [0.25, 0.3) is 10.9 Å². The highest BCUT2D eigenvalue weighted by Gasteiger charge is 2.43. The Balaban J connectivity index is 2.72. The first-order chi connectivity index (χ1) is 11.8. The lowest BCUT2D eigenvalue weighted by Crippen LogP contribution is -2.35. The summed E-state index contributed by atoms with van der Waals surface area (Å²) >= 11 is 0.667. The minimum atomic E-state index is -1.77. The van der Waals surface area contributed by atoms with Crippen molar-refractivity contribution in [1.82, 2.24) is 4.57 Å². The first kappa shape index (κ1) is 18.7. The van der Waals surface area contributed by atoms with Gasteiger partial charge in [-0.25, -0.2) is 4.79 Å². The number of methoxy groups -OCH3 is 1. The molecule has 0 N–H and O–H groups in total. The van der Waals surface area contributed by atoms with Gasteiger partial charge in [0, 0.05) is 30.4 Å². The highest BCUT2D eigenvalue weighted by atomic mass is 32.2. The van der Waals surface area contributed by atoms with Gasteiger partial charge in [0.05, 0.1) is 12.6 Å². The highest BCUT2D eigenvalue weighted by Crippen LogP contribution is 2.39. The number of carbonyl (C=O) groups excluding carboxylic acids is 3. The Morgan fingerprint density at radius 2 is 1.88 bits per heavy atom. The lowest BCUT2D eigenvalue weighted by atomic mass is 10.0. The minimum absolute atomic E-state index is 0.287. The first-order valence-corrected chi connectivity index (χ1v) is 8.15. The Morgan fingerprint density at radius 1 is 1.24 bits per heavy atom. The summed E-state index contributed by atoms with van der Waals surface area (Å²) < 4.78 is 5.88. The number of aromatic nitrogens is 1. The van der Waals surface area contributed by atoms with Gasteiger partial charge in [-0.05, 0) is 11.6 Å². The summed E-state index contributed by atoms with van der Waals surface area (Å²) in [6, 6.07) is 5.04. The Kier molecular flexibility index (Phi) is 5.58. The van der Waals surface area contributed by atoms with Crippen molar-refractivity contribution in [1.29, 1.82) is 0 Å². The van der Waals surface area contributed by atoms with Crippen molar-refractivity contribution < 1.29 is 24.0 Å². The zero-order chi connectivity index (χ0) is 18.7. The second-order valence-corrected chi connectivity index (χ2v) is 6.59. The van der Waals surface area contributed by atoms with Gasteiger partial charge in [0.1, 0.15) is 5.25 Å². The molecule has 0 saturated heterocycles. The van der Waals surface area contributed by atoms with Crippen LogP contribution in [0.4, 0.5) is 0 Å². The number of fused-ring (bicyclic) bond motifs is 1. The number of hydrogen-bond donors (Lipinski definition) is 0. The third kappa shape index (κ3) is 3.71. The molecule has 0 aliphatic rings. The molecule has 1 aromatic carbocycles. The number of thioether (sulfide) groups is 1. The standard InChI is InChI=1S/C16H16N2O6S/c1-9(19)17-8-12(11-6-4-5-7-13(11)17)15(25-10(2)20)14(18(22)23)16(21)24-3/h4-8,14-15H,1-3H3/t14-,15-/m0/s1. The number of para-hydroxylation sites is 1. The Hall–Kier alpha value is -2.68. The number of esters is 1. The van der Waals surface area contributed by atoms with Crippen molar-refractivity contribution in [2.24, 2.45) is 0 Å². The summed E-state index contributed by atoms with van der Waals surface area (Å²) in [5.41, 5.74) is 0.907. The molecule has 132 valence electrons. The molecule has 0 radical (unpaired) electrons. The summed E-state index contributed by atoms with van der Waals surface area (Å²) in [5, 5.41) is 10.5. The van der Waals surface area contributed by atoms with Crippen molar-refractivity contribution in [3.8, 4) is 0 Å². The SMILES string of the molecule is COC(=O)[C@H]([C@@H](SC(C)=O)c1cn(C(C)=O)c2ccccc12)[N+](=O)[O-]. The molecule has 0 unspecified atom stereocenters. The van der Waals surface area contributed by atoms with Crippen LogP contribution in [0, 0.1) is 10.1 Å². The highest BCUT2D eigenvalue weighted by molar-refractivity contribution is 8.13. The normalized spacial score (nSPS) is 13.2. The third-order valence-corrected chi connectivity index (χ3v) is 4.74. The number of benzene rings is 1. The van der Waals surface area contributed by atoms with Gasteiger partial charge in [0.2, 0.25) is 5.91 Å². The monoisotopic (exact) mass is 364 g/mol. The molecule has 1 heterocycles. The van der Waals surface area contributed by atoms with Crippen LogP contribution in [-0.2, 0) is 14.3 Å². The van der Waals surface area contributed by atoms with E-state index in [0.717, 1.165) is 7.11 Å². The van der Waals surface area contributed by atoms with E-state index < -0.39 is 22.2 Å². The van der Waals surface area contributed by atoms with Gasteiger partial charge in [-0.1, -0.05) is 30.0 Å². The third-order valence-electron chi connectivity index (χ3n) is 3.64. The Morgan fingerprint density at radius 3 is 2.40 bits per heavy atom. The number of rotatable bonds is 5. The van der Waals surface area contributed by atoms with Gasteiger partial charge in [-0.3, -0.25) is 24.3 Å². The number of hydrogen-bond acceptors (Lipinski definition) is 7. The summed E-state index contributed by atoms with van der Waals surface area (Å²) in [4.78, 5) is 46.2. The van der Waals surface area contributed by atoms with Gasteiger partial charge in [0.25, 0.3) is 0 Å². The number of nitro groups is 1. The van der Waals surface area contributed by atoms with Gasteiger partial charge < -0.3 is 4.74 Å². The van der Waals surface area contributed by atoms with E-state index in [1.165, 1.54) is 24.6 Å². The summed E-state index contributed by atoms with van der Waals surface area (Å²) in [6.45, 7) is 2.62. The first-order valence-electron chi connectivity index (χ1n) is 7.27. The molecule has 0 spiro atoms. The van der Waals surface area contributed by atoms with Crippen LogP contribution >= 0.6 is 11.8 Å². The van der Waals surface area contributed by atoms with Gasteiger partial charge in [-0.2, -0.15) is 0 Å². The molecule has 25 heavy (non-hydrogen) atoms. The second kappa shape index (κ2) is 7.47. The maximum atomic E-state index is 12.0. The largest absolute Gasteiger partial charge is 0.464 e. The van der Waals surface area contributed by atoms with E-state index in [9.17, 15) is 24.5 Å². The zero-order valence-corrected chi connectivity index (χ0v) is 14.6. The molecule has 0 aliphatic carbocycles. The van der Waals surface area contributed by atoms with Crippen LogP contribution in [0.15, 0.2) is 30.5 Å². The van der Waals surface area contributed by atoms with Crippen LogP contribution < -0.4 is 0 Å². The molecular formula is C16H16N2O6S. The van der Waals surface area contributed by atoms with Crippen molar-refractivity contribution >= 4 is 39.7 Å². The van der Waals surface area contributed by atoms with Crippen LogP contribution in [0.5, 0.6) is 0 Å². The molecule has 0 bridgehead atoms. The van der Waals surface area contributed by atoms with Crippen molar-refractivity contribution in [2.45, 2.75) is 25.1 Å². The van der Waals surface area contributed by atoms with Crippen molar-refractivity contribution in [3.63, 3.8) is 0 Å². The van der Waals surface area contributed by atoms with E-state index in [1.54, 1.807) is 24.3 Å². The minimum Gasteiger partial charge on any atom is -0.464 e. The molecule has 0 aliphatic heterocycles. The Labute approximate surface area is 147 Å². The second-order valence-electron chi connectivity index (χ2n) is 5.27.